The maximum Gasteiger partial charge on any atom is 0.410 e. The van der Waals surface area contributed by atoms with Gasteiger partial charge in [-0.1, -0.05) is 29.8 Å². The Bertz CT molecular complexity index is 1180. The van der Waals surface area contributed by atoms with Crippen molar-refractivity contribution in [1.82, 2.24) is 4.90 Å². The number of amides is 2. The molecule has 0 bridgehead atoms. The Morgan fingerprint density at radius 3 is 2.37 bits per heavy atom. The van der Waals surface area contributed by atoms with Crippen LogP contribution in [0.3, 0.4) is 0 Å². The number of hydrogen-bond donors (Lipinski definition) is 1. The molecule has 2 aliphatic rings. The number of rotatable bonds is 4. The van der Waals surface area contributed by atoms with Crippen molar-refractivity contribution >= 4 is 35.0 Å². The SMILES string of the molecule is Cc1c(Cl)cccc1C1(Nc2ccc3c(c2)N(C(C)C)C(=O)C3(C)C)CN(C(=O)OC(C)(C)C)C1. The summed E-state index contributed by atoms with van der Waals surface area (Å²) in [5.74, 6) is 0.111. The highest BCUT2D eigenvalue weighted by atomic mass is 35.5. The van der Waals surface area contributed by atoms with E-state index >= 15 is 0 Å². The van der Waals surface area contributed by atoms with E-state index in [0.717, 1.165) is 28.1 Å². The fourth-order valence-electron chi connectivity index (χ4n) is 5.16. The Morgan fingerprint density at radius 1 is 1.11 bits per heavy atom. The fourth-order valence-corrected chi connectivity index (χ4v) is 5.33. The van der Waals surface area contributed by atoms with Gasteiger partial charge in [0.25, 0.3) is 0 Å². The van der Waals surface area contributed by atoms with E-state index < -0.39 is 16.6 Å². The van der Waals surface area contributed by atoms with Gasteiger partial charge in [-0.3, -0.25) is 4.79 Å². The molecule has 2 aromatic carbocycles. The molecule has 0 unspecified atom stereocenters. The predicted octanol–water partition coefficient (Wildman–Crippen LogP) is 6.24. The van der Waals surface area contributed by atoms with Crippen LogP contribution in [0.25, 0.3) is 0 Å². The van der Waals surface area contributed by atoms with Crippen molar-refractivity contribution in [1.29, 1.82) is 0 Å². The highest BCUT2D eigenvalue weighted by Gasteiger charge is 2.50. The van der Waals surface area contributed by atoms with E-state index in [1.165, 1.54) is 0 Å². The Morgan fingerprint density at radius 2 is 1.77 bits per heavy atom. The van der Waals surface area contributed by atoms with Crippen LogP contribution >= 0.6 is 11.6 Å². The van der Waals surface area contributed by atoms with Crippen LogP contribution in [0.5, 0.6) is 0 Å². The third-order valence-electron chi connectivity index (χ3n) is 6.94. The molecule has 2 heterocycles. The average molecular weight is 498 g/mol. The molecule has 6 nitrogen and oxygen atoms in total. The predicted molar refractivity (Wildman–Crippen MR) is 141 cm³/mol. The second-order valence-electron chi connectivity index (χ2n) is 11.6. The summed E-state index contributed by atoms with van der Waals surface area (Å²) in [7, 11) is 0. The van der Waals surface area contributed by atoms with Gasteiger partial charge in [-0.2, -0.15) is 0 Å². The molecule has 1 saturated heterocycles. The number of benzene rings is 2. The highest BCUT2D eigenvalue weighted by Crippen LogP contribution is 2.45. The molecule has 0 saturated carbocycles. The van der Waals surface area contributed by atoms with E-state index in [9.17, 15) is 9.59 Å². The molecule has 35 heavy (non-hydrogen) atoms. The number of anilines is 2. The summed E-state index contributed by atoms with van der Waals surface area (Å²) in [4.78, 5) is 29.5. The quantitative estimate of drug-likeness (QED) is 0.543. The van der Waals surface area contributed by atoms with Gasteiger partial charge >= 0.3 is 6.09 Å². The maximum absolute atomic E-state index is 13.2. The minimum atomic E-state index is -0.566. The number of fused-ring (bicyclic) bond motifs is 1. The summed E-state index contributed by atoms with van der Waals surface area (Å²) in [6.07, 6.45) is -0.332. The molecule has 2 aliphatic heterocycles. The van der Waals surface area contributed by atoms with Gasteiger partial charge in [0.05, 0.1) is 29.7 Å². The van der Waals surface area contributed by atoms with Crippen LogP contribution in [0, 0.1) is 6.92 Å². The largest absolute Gasteiger partial charge is 0.444 e. The van der Waals surface area contributed by atoms with E-state index in [2.05, 4.69) is 17.4 Å². The Balaban J connectivity index is 1.71. The van der Waals surface area contributed by atoms with Gasteiger partial charge in [0.15, 0.2) is 0 Å². The van der Waals surface area contributed by atoms with Gasteiger partial charge in [0.2, 0.25) is 5.91 Å². The van der Waals surface area contributed by atoms with Gasteiger partial charge in [-0.15, -0.1) is 0 Å². The Labute approximate surface area is 213 Å². The first-order chi connectivity index (χ1) is 16.2. The molecule has 4 rings (SSSR count). The maximum atomic E-state index is 13.2. The molecule has 1 fully saturated rings. The van der Waals surface area contributed by atoms with Crippen molar-refractivity contribution in [3.05, 3.63) is 58.1 Å². The molecule has 0 spiro atoms. The van der Waals surface area contributed by atoms with Gasteiger partial charge in [-0.05, 0) is 90.3 Å². The Kier molecular flexibility index (Phi) is 6.12. The lowest BCUT2D eigenvalue weighted by Gasteiger charge is -2.51. The lowest BCUT2D eigenvalue weighted by atomic mass is 9.79. The second-order valence-corrected chi connectivity index (χ2v) is 12.0. The van der Waals surface area contributed by atoms with Crippen molar-refractivity contribution in [2.24, 2.45) is 0 Å². The zero-order chi connectivity index (χ0) is 25.9. The number of ether oxygens (including phenoxy) is 1. The summed E-state index contributed by atoms with van der Waals surface area (Å²) < 4.78 is 5.60. The number of nitrogens with one attached hydrogen (secondary N) is 1. The summed E-state index contributed by atoms with van der Waals surface area (Å²) in [5, 5.41) is 4.40. The second kappa shape index (κ2) is 8.44. The van der Waals surface area contributed by atoms with Crippen LogP contribution in [0.2, 0.25) is 5.02 Å². The first-order valence-electron chi connectivity index (χ1n) is 12.2. The highest BCUT2D eigenvalue weighted by molar-refractivity contribution is 6.31. The smallest absolute Gasteiger partial charge is 0.410 e. The first-order valence-corrected chi connectivity index (χ1v) is 12.5. The lowest BCUT2D eigenvalue weighted by Crippen LogP contribution is -2.65. The van der Waals surface area contributed by atoms with E-state index in [4.69, 9.17) is 16.3 Å². The fraction of sp³-hybridized carbons (Fsp3) is 0.500. The number of carbonyl (C=O) groups excluding carboxylic acids is 2. The van der Waals surface area contributed by atoms with E-state index in [1.54, 1.807) is 4.90 Å². The third-order valence-corrected chi connectivity index (χ3v) is 7.35. The van der Waals surface area contributed by atoms with Crippen LogP contribution in [0.15, 0.2) is 36.4 Å². The van der Waals surface area contributed by atoms with Crippen LogP contribution in [-0.4, -0.2) is 41.6 Å². The number of likely N-dealkylation sites (tertiary alicyclic amines) is 1. The molecule has 2 aromatic rings. The van der Waals surface area contributed by atoms with E-state index in [0.29, 0.717) is 18.1 Å². The number of halogens is 1. The normalized spacial score (nSPS) is 18.4. The third kappa shape index (κ3) is 4.37. The molecular formula is C28H36ClN3O3. The van der Waals surface area contributed by atoms with Crippen LogP contribution < -0.4 is 10.2 Å². The minimum absolute atomic E-state index is 0.0498. The van der Waals surface area contributed by atoms with Gasteiger partial charge in [0.1, 0.15) is 5.60 Å². The molecular weight excluding hydrogens is 462 g/mol. The van der Waals surface area contributed by atoms with Crippen molar-refractivity contribution in [3.63, 3.8) is 0 Å². The average Bonchev–Trinajstić information content (AvgIpc) is 2.90. The zero-order valence-electron chi connectivity index (χ0n) is 22.0. The summed E-state index contributed by atoms with van der Waals surface area (Å²) in [5.41, 5.74) is 3.22. The first kappa shape index (κ1) is 25.4. The van der Waals surface area contributed by atoms with Crippen molar-refractivity contribution in [2.45, 2.75) is 78.0 Å². The standard InChI is InChI=1S/C28H36ClN3O3/c1-17(2)32-23-14-19(12-13-21(23)27(7,8)24(32)33)30-28(20-10-9-11-22(29)18(20)3)15-31(16-28)25(34)35-26(4,5)6/h9-14,17,30H,15-16H2,1-8H3. The van der Waals surface area contributed by atoms with E-state index in [1.807, 2.05) is 84.6 Å². The van der Waals surface area contributed by atoms with E-state index in [-0.39, 0.29) is 18.0 Å². The monoisotopic (exact) mass is 497 g/mol. The molecule has 0 radical (unpaired) electrons. The molecule has 0 atom stereocenters. The minimum Gasteiger partial charge on any atom is -0.444 e. The molecule has 2 amide bonds. The molecule has 7 heteroatoms. The zero-order valence-corrected chi connectivity index (χ0v) is 22.7. The van der Waals surface area contributed by atoms with Crippen molar-refractivity contribution in [3.8, 4) is 0 Å². The number of nitrogens with zero attached hydrogens (tertiary/aromatic N) is 2. The van der Waals surface area contributed by atoms with Crippen LogP contribution in [0.1, 0.15) is 65.2 Å². The lowest BCUT2D eigenvalue weighted by molar-refractivity contribution is -0.122. The Hall–Kier alpha value is -2.73. The van der Waals surface area contributed by atoms with Gasteiger partial charge in [0, 0.05) is 16.8 Å². The van der Waals surface area contributed by atoms with Gasteiger partial charge in [-0.25, -0.2) is 4.79 Å². The molecule has 1 N–H and O–H groups in total. The summed E-state index contributed by atoms with van der Waals surface area (Å²) in [6, 6.07) is 12.0. The number of carbonyl (C=O) groups is 2. The molecule has 188 valence electrons. The van der Waals surface area contributed by atoms with Crippen LogP contribution in [0.4, 0.5) is 16.2 Å². The van der Waals surface area contributed by atoms with Gasteiger partial charge < -0.3 is 19.9 Å². The van der Waals surface area contributed by atoms with Crippen LogP contribution in [-0.2, 0) is 20.5 Å². The number of hydrogen-bond acceptors (Lipinski definition) is 4. The topological polar surface area (TPSA) is 61.9 Å². The van der Waals surface area contributed by atoms with Crippen molar-refractivity contribution in [2.75, 3.05) is 23.3 Å². The van der Waals surface area contributed by atoms with Crippen molar-refractivity contribution < 1.29 is 14.3 Å². The summed E-state index contributed by atoms with van der Waals surface area (Å²) >= 11 is 6.49. The molecule has 0 aliphatic carbocycles. The summed E-state index contributed by atoms with van der Waals surface area (Å²) in [6.45, 7) is 16.5. The molecule has 0 aromatic heterocycles.